The third kappa shape index (κ3) is 3.40. The monoisotopic (exact) mass is 363 g/mol. The molecule has 0 spiro atoms. The lowest BCUT2D eigenvalue weighted by molar-refractivity contribution is 0.0656. The number of benzene rings is 1. The van der Waals surface area contributed by atoms with Crippen molar-refractivity contribution in [2.45, 2.75) is 11.4 Å². The zero-order valence-electron chi connectivity index (χ0n) is 12.3. The average Bonchev–Trinajstić information content (AvgIpc) is 3.23. The summed E-state index contributed by atoms with van der Waals surface area (Å²) in [5, 5.41) is 8.95. The summed E-state index contributed by atoms with van der Waals surface area (Å²) in [4.78, 5) is 12.4. The normalized spacial score (nSPS) is 11.5. The van der Waals surface area contributed by atoms with E-state index in [1.807, 2.05) is 42.5 Å². The van der Waals surface area contributed by atoms with Gasteiger partial charge >= 0.3 is 5.97 Å². The Kier molecular flexibility index (Phi) is 4.52. The van der Waals surface area contributed by atoms with E-state index in [9.17, 15) is 13.2 Å². The first-order chi connectivity index (χ1) is 11.5. The van der Waals surface area contributed by atoms with Crippen LogP contribution in [0.4, 0.5) is 0 Å². The number of rotatable bonds is 6. The van der Waals surface area contributed by atoms with Crippen LogP contribution in [0.25, 0.3) is 10.4 Å². The zero-order valence-corrected chi connectivity index (χ0v) is 13.9. The molecule has 2 N–H and O–H groups in total. The number of sulfonamides is 1. The predicted molar refractivity (Wildman–Crippen MR) is 89.4 cm³/mol. The fourth-order valence-electron chi connectivity index (χ4n) is 2.14. The molecule has 0 unspecified atom stereocenters. The van der Waals surface area contributed by atoms with Crippen LogP contribution in [0.3, 0.4) is 0 Å². The lowest BCUT2D eigenvalue weighted by atomic mass is 10.2. The molecule has 2 aromatic heterocycles. The van der Waals surface area contributed by atoms with Gasteiger partial charge < -0.3 is 9.52 Å². The molecule has 0 aliphatic heterocycles. The van der Waals surface area contributed by atoms with Crippen LogP contribution in [-0.2, 0) is 16.6 Å². The van der Waals surface area contributed by atoms with Gasteiger partial charge in [-0.3, -0.25) is 0 Å². The molecule has 0 saturated carbocycles. The Morgan fingerprint density at radius 3 is 2.58 bits per heavy atom. The van der Waals surface area contributed by atoms with Gasteiger partial charge in [0.15, 0.2) is 0 Å². The van der Waals surface area contributed by atoms with Gasteiger partial charge in [0.2, 0.25) is 15.8 Å². The fraction of sp³-hybridized carbons (Fsp3) is 0.0625. The smallest absolute Gasteiger partial charge is 0.373 e. The van der Waals surface area contributed by atoms with Crippen molar-refractivity contribution in [2.75, 3.05) is 0 Å². The van der Waals surface area contributed by atoms with E-state index in [1.165, 1.54) is 11.3 Å². The van der Waals surface area contributed by atoms with E-state index < -0.39 is 21.8 Å². The standard InChI is InChI=1S/C16H13NO5S2/c18-16(19)15-14(8-9-22-15)24(20,21)17-10-12-6-7-13(23-12)11-4-2-1-3-5-11/h1-9,17H,10H2,(H,18,19). The van der Waals surface area contributed by atoms with Crippen molar-refractivity contribution >= 4 is 27.3 Å². The van der Waals surface area contributed by atoms with Gasteiger partial charge in [0.1, 0.15) is 4.90 Å². The maximum atomic E-state index is 12.2. The number of hydrogen-bond donors (Lipinski definition) is 2. The number of furan rings is 1. The first-order valence-electron chi connectivity index (χ1n) is 6.92. The molecule has 6 nitrogen and oxygen atoms in total. The van der Waals surface area contributed by atoms with E-state index in [1.54, 1.807) is 0 Å². The molecule has 124 valence electrons. The highest BCUT2D eigenvalue weighted by atomic mass is 32.2. The summed E-state index contributed by atoms with van der Waals surface area (Å²) < 4.78 is 31.6. The van der Waals surface area contributed by atoms with Crippen LogP contribution in [0.5, 0.6) is 0 Å². The summed E-state index contributed by atoms with van der Waals surface area (Å²) >= 11 is 1.47. The Labute approximate surface area is 142 Å². The second-order valence-corrected chi connectivity index (χ2v) is 7.78. The minimum absolute atomic E-state index is 0.0735. The highest BCUT2D eigenvalue weighted by molar-refractivity contribution is 7.89. The maximum Gasteiger partial charge on any atom is 0.373 e. The molecular formula is C16H13NO5S2. The van der Waals surface area contributed by atoms with Crippen molar-refractivity contribution in [3.63, 3.8) is 0 Å². The van der Waals surface area contributed by atoms with Crippen molar-refractivity contribution < 1.29 is 22.7 Å². The number of hydrogen-bond acceptors (Lipinski definition) is 5. The third-order valence-corrected chi connectivity index (χ3v) is 5.83. The van der Waals surface area contributed by atoms with Gasteiger partial charge in [-0.15, -0.1) is 11.3 Å². The van der Waals surface area contributed by atoms with E-state index in [4.69, 9.17) is 9.52 Å². The highest BCUT2D eigenvalue weighted by Crippen LogP contribution is 2.28. The van der Waals surface area contributed by atoms with Crippen molar-refractivity contribution in [3.05, 3.63) is 65.4 Å². The lowest BCUT2D eigenvalue weighted by Gasteiger charge is -2.04. The largest absolute Gasteiger partial charge is 0.475 e. The summed E-state index contributed by atoms with van der Waals surface area (Å²) in [6, 6.07) is 14.6. The summed E-state index contributed by atoms with van der Waals surface area (Å²) in [6.07, 6.45) is 1.04. The van der Waals surface area contributed by atoms with Crippen LogP contribution in [0.1, 0.15) is 15.4 Å². The Bertz CT molecular complexity index is 957. The van der Waals surface area contributed by atoms with Gasteiger partial charge in [0.05, 0.1) is 6.26 Å². The molecule has 2 heterocycles. The molecule has 0 atom stereocenters. The number of carboxylic acid groups (broad SMARTS) is 1. The number of nitrogens with one attached hydrogen (secondary N) is 1. The summed E-state index contributed by atoms with van der Waals surface area (Å²) in [7, 11) is -3.96. The van der Waals surface area contributed by atoms with Crippen LogP contribution in [0, 0.1) is 0 Å². The number of carbonyl (C=O) groups is 1. The Hall–Kier alpha value is -2.42. The van der Waals surface area contributed by atoms with E-state index >= 15 is 0 Å². The van der Waals surface area contributed by atoms with Crippen molar-refractivity contribution in [1.82, 2.24) is 4.72 Å². The van der Waals surface area contributed by atoms with E-state index in [2.05, 4.69) is 4.72 Å². The Morgan fingerprint density at radius 2 is 1.88 bits per heavy atom. The molecule has 1 aromatic carbocycles. The highest BCUT2D eigenvalue weighted by Gasteiger charge is 2.25. The lowest BCUT2D eigenvalue weighted by Crippen LogP contribution is -2.24. The number of thiophene rings is 1. The van der Waals surface area contributed by atoms with Crippen LogP contribution in [-0.4, -0.2) is 19.5 Å². The third-order valence-electron chi connectivity index (χ3n) is 3.27. The number of aromatic carboxylic acids is 1. The molecule has 3 aromatic rings. The molecule has 0 bridgehead atoms. The van der Waals surface area contributed by atoms with E-state index in [-0.39, 0.29) is 11.4 Å². The van der Waals surface area contributed by atoms with Crippen LogP contribution < -0.4 is 4.72 Å². The predicted octanol–water partition coefficient (Wildman–Crippen LogP) is 3.18. The van der Waals surface area contributed by atoms with E-state index in [0.29, 0.717) is 0 Å². The molecule has 8 heteroatoms. The minimum Gasteiger partial charge on any atom is -0.475 e. The second-order valence-electron chi connectivity index (χ2n) is 4.88. The van der Waals surface area contributed by atoms with Crippen molar-refractivity contribution in [2.24, 2.45) is 0 Å². The summed E-state index contributed by atoms with van der Waals surface area (Å²) in [5.74, 6) is -2.03. The zero-order chi connectivity index (χ0) is 17.2. The quantitative estimate of drug-likeness (QED) is 0.701. The Balaban J connectivity index is 1.75. The molecule has 0 aliphatic carbocycles. The van der Waals surface area contributed by atoms with Gasteiger partial charge in [-0.1, -0.05) is 30.3 Å². The molecule has 0 radical (unpaired) electrons. The Morgan fingerprint density at radius 1 is 1.12 bits per heavy atom. The van der Waals surface area contributed by atoms with Crippen LogP contribution >= 0.6 is 11.3 Å². The molecule has 0 fully saturated rings. The van der Waals surface area contributed by atoms with Crippen LogP contribution in [0.15, 0.2) is 64.1 Å². The molecule has 24 heavy (non-hydrogen) atoms. The van der Waals surface area contributed by atoms with Gasteiger partial charge in [-0.05, 0) is 23.8 Å². The van der Waals surface area contributed by atoms with Gasteiger partial charge in [-0.2, -0.15) is 0 Å². The first kappa shape index (κ1) is 16.4. The average molecular weight is 363 g/mol. The SMILES string of the molecule is O=C(O)c1occc1S(=O)(=O)NCc1ccc(-c2ccccc2)s1. The maximum absolute atomic E-state index is 12.2. The summed E-state index contributed by atoms with van der Waals surface area (Å²) in [5.41, 5.74) is 1.06. The van der Waals surface area contributed by atoms with Crippen LogP contribution in [0.2, 0.25) is 0 Å². The van der Waals surface area contributed by atoms with Gasteiger partial charge in [-0.25, -0.2) is 17.9 Å². The van der Waals surface area contributed by atoms with E-state index in [0.717, 1.165) is 27.6 Å². The minimum atomic E-state index is -3.96. The first-order valence-corrected chi connectivity index (χ1v) is 9.22. The molecule has 0 amide bonds. The molecular weight excluding hydrogens is 350 g/mol. The molecule has 0 aliphatic rings. The summed E-state index contributed by atoms with van der Waals surface area (Å²) in [6.45, 7) is 0.0735. The van der Waals surface area contributed by atoms with Gasteiger partial charge in [0, 0.05) is 16.3 Å². The fourth-order valence-corrected chi connectivity index (χ4v) is 4.30. The molecule has 3 rings (SSSR count). The molecule has 0 saturated heterocycles. The van der Waals surface area contributed by atoms with Gasteiger partial charge in [0.25, 0.3) is 0 Å². The second kappa shape index (κ2) is 6.60. The topological polar surface area (TPSA) is 96.6 Å². The number of carboxylic acids is 1. The van der Waals surface area contributed by atoms with Crippen molar-refractivity contribution in [1.29, 1.82) is 0 Å². The van der Waals surface area contributed by atoms with Crippen molar-refractivity contribution in [3.8, 4) is 10.4 Å².